The monoisotopic (exact) mass is 140 g/mol. The largest absolute Gasteiger partial charge is 0.341 e. The van der Waals surface area contributed by atoms with Crippen molar-refractivity contribution in [2.24, 2.45) is 0 Å². The van der Waals surface area contributed by atoms with Gasteiger partial charge in [-0.25, -0.2) is 9.78 Å². The van der Waals surface area contributed by atoms with E-state index < -0.39 is 0 Å². The van der Waals surface area contributed by atoms with Gasteiger partial charge in [-0.15, -0.1) is 0 Å². The van der Waals surface area contributed by atoms with Crippen LogP contribution in [0.5, 0.6) is 0 Å². The Morgan fingerprint density at radius 2 is 2.60 bits per heavy atom. The van der Waals surface area contributed by atoms with Crippen LogP contribution < -0.4 is 10.6 Å². The number of nitrogens with one attached hydrogen (secondary N) is 3. The van der Waals surface area contributed by atoms with E-state index in [2.05, 4.69) is 20.6 Å². The van der Waals surface area contributed by atoms with Crippen LogP contribution in [0.2, 0.25) is 0 Å². The van der Waals surface area contributed by atoms with Gasteiger partial charge in [0, 0.05) is 19.4 Å². The summed E-state index contributed by atoms with van der Waals surface area (Å²) in [6.45, 7) is 0. The van der Waals surface area contributed by atoms with E-state index in [-0.39, 0.29) is 6.03 Å². The quantitative estimate of drug-likeness (QED) is 0.520. The molecule has 0 unspecified atom stereocenters. The molecule has 0 aliphatic carbocycles. The minimum absolute atomic E-state index is 0.282. The Hall–Kier alpha value is -1.52. The Labute approximate surface area is 57.9 Å². The fraction of sp³-hybridized carbons (Fsp3) is 0.200. The lowest BCUT2D eigenvalue weighted by Crippen LogP contribution is -2.24. The highest BCUT2D eigenvalue weighted by molar-refractivity contribution is 5.86. The van der Waals surface area contributed by atoms with Crippen molar-refractivity contribution >= 4 is 12.0 Å². The number of anilines is 1. The molecule has 54 valence electrons. The van der Waals surface area contributed by atoms with Crippen LogP contribution in [0.25, 0.3) is 0 Å². The van der Waals surface area contributed by atoms with E-state index in [1.165, 1.54) is 7.05 Å². The topological polar surface area (TPSA) is 69.8 Å². The van der Waals surface area contributed by atoms with Crippen molar-refractivity contribution in [1.82, 2.24) is 15.3 Å². The van der Waals surface area contributed by atoms with Gasteiger partial charge in [-0.3, -0.25) is 5.32 Å². The lowest BCUT2D eigenvalue weighted by molar-refractivity contribution is 0.254. The molecule has 0 saturated heterocycles. The number of carbonyl (C=O) groups is 1. The maximum absolute atomic E-state index is 10.6. The number of hydrogen-bond donors (Lipinski definition) is 3. The molecule has 0 fully saturated rings. The average Bonchev–Trinajstić information content (AvgIpc) is 2.40. The molecular formula is C5H8N4O. The normalized spacial score (nSPS) is 8.90. The zero-order valence-corrected chi connectivity index (χ0v) is 5.51. The lowest BCUT2D eigenvalue weighted by Gasteiger charge is -1.97. The molecule has 0 aliphatic rings. The molecule has 0 aromatic carbocycles. The average molecular weight is 140 g/mol. The van der Waals surface area contributed by atoms with E-state index in [1.807, 2.05) is 0 Å². The maximum atomic E-state index is 10.6. The summed E-state index contributed by atoms with van der Waals surface area (Å²) in [6, 6.07) is -0.282. The number of nitrogens with zero attached hydrogens (tertiary/aromatic N) is 1. The van der Waals surface area contributed by atoms with Crippen molar-refractivity contribution in [3.8, 4) is 0 Å². The highest BCUT2D eigenvalue weighted by Gasteiger charge is 1.97. The van der Waals surface area contributed by atoms with Gasteiger partial charge < -0.3 is 10.3 Å². The summed E-state index contributed by atoms with van der Waals surface area (Å²) in [5, 5.41) is 4.85. The summed E-state index contributed by atoms with van der Waals surface area (Å²) in [5.41, 5.74) is 0. The molecule has 0 atom stereocenters. The zero-order chi connectivity index (χ0) is 7.40. The molecule has 1 aromatic rings. The number of carbonyl (C=O) groups excluding carboxylic acids is 1. The van der Waals surface area contributed by atoms with Crippen molar-refractivity contribution in [3.05, 3.63) is 12.4 Å². The number of aromatic nitrogens is 2. The Balaban J connectivity index is 2.48. The van der Waals surface area contributed by atoms with Crippen LogP contribution in [0.15, 0.2) is 12.4 Å². The number of rotatable bonds is 1. The summed E-state index contributed by atoms with van der Waals surface area (Å²) in [6.07, 6.45) is 3.19. The van der Waals surface area contributed by atoms with Crippen LogP contribution >= 0.6 is 0 Å². The van der Waals surface area contributed by atoms with Crippen LogP contribution in [0, 0.1) is 0 Å². The summed E-state index contributed by atoms with van der Waals surface area (Å²) in [7, 11) is 1.54. The van der Waals surface area contributed by atoms with Gasteiger partial charge in [-0.2, -0.15) is 0 Å². The number of aromatic amines is 1. The lowest BCUT2D eigenvalue weighted by atomic mass is 10.9. The fourth-order valence-electron chi connectivity index (χ4n) is 0.504. The zero-order valence-electron chi connectivity index (χ0n) is 5.51. The molecule has 0 aliphatic heterocycles. The van der Waals surface area contributed by atoms with Crippen molar-refractivity contribution in [1.29, 1.82) is 0 Å². The van der Waals surface area contributed by atoms with Gasteiger partial charge >= 0.3 is 6.03 Å². The Morgan fingerprint density at radius 1 is 1.80 bits per heavy atom. The predicted octanol–water partition coefficient (Wildman–Crippen LogP) is 0.161. The molecular weight excluding hydrogens is 132 g/mol. The molecule has 0 saturated carbocycles. The second-order valence-electron chi connectivity index (χ2n) is 1.64. The van der Waals surface area contributed by atoms with Crippen LogP contribution in [0.4, 0.5) is 10.7 Å². The van der Waals surface area contributed by atoms with E-state index in [9.17, 15) is 4.79 Å². The van der Waals surface area contributed by atoms with Crippen molar-refractivity contribution in [2.45, 2.75) is 0 Å². The van der Waals surface area contributed by atoms with Gasteiger partial charge in [0.15, 0.2) is 0 Å². The third-order valence-electron chi connectivity index (χ3n) is 0.957. The highest BCUT2D eigenvalue weighted by Crippen LogP contribution is 1.92. The molecule has 1 heterocycles. The van der Waals surface area contributed by atoms with Crippen molar-refractivity contribution in [2.75, 3.05) is 12.4 Å². The van der Waals surface area contributed by atoms with Crippen LogP contribution in [-0.4, -0.2) is 23.0 Å². The summed E-state index contributed by atoms with van der Waals surface area (Å²) >= 11 is 0. The molecule has 5 heteroatoms. The van der Waals surface area contributed by atoms with Gasteiger partial charge in [0.25, 0.3) is 0 Å². The Kier molecular flexibility index (Phi) is 1.89. The summed E-state index contributed by atoms with van der Waals surface area (Å²) in [4.78, 5) is 17.1. The molecule has 5 nitrogen and oxygen atoms in total. The molecule has 2 amide bonds. The van der Waals surface area contributed by atoms with E-state index in [0.717, 1.165) is 0 Å². The minimum Gasteiger partial charge on any atom is -0.341 e. The molecule has 0 bridgehead atoms. The number of amides is 2. The first kappa shape index (κ1) is 6.60. The molecule has 10 heavy (non-hydrogen) atoms. The number of H-pyrrole nitrogens is 1. The maximum Gasteiger partial charge on any atom is 0.321 e. The first-order valence-corrected chi connectivity index (χ1v) is 2.81. The fourth-order valence-corrected chi connectivity index (χ4v) is 0.504. The first-order chi connectivity index (χ1) is 4.83. The van der Waals surface area contributed by atoms with E-state index in [4.69, 9.17) is 0 Å². The van der Waals surface area contributed by atoms with Gasteiger partial charge in [-0.1, -0.05) is 0 Å². The van der Waals surface area contributed by atoms with Crippen molar-refractivity contribution in [3.63, 3.8) is 0 Å². The van der Waals surface area contributed by atoms with Gasteiger partial charge in [0.1, 0.15) is 0 Å². The molecule has 0 radical (unpaired) electrons. The van der Waals surface area contributed by atoms with E-state index in [1.54, 1.807) is 12.4 Å². The highest BCUT2D eigenvalue weighted by atomic mass is 16.2. The Bertz CT molecular complexity index is 205. The third-order valence-corrected chi connectivity index (χ3v) is 0.957. The number of hydrogen-bond acceptors (Lipinski definition) is 2. The Morgan fingerprint density at radius 3 is 3.10 bits per heavy atom. The molecule has 0 spiro atoms. The van der Waals surface area contributed by atoms with Gasteiger partial charge in [-0.05, 0) is 0 Å². The van der Waals surface area contributed by atoms with Crippen LogP contribution in [0.1, 0.15) is 0 Å². The second kappa shape index (κ2) is 2.86. The van der Waals surface area contributed by atoms with Gasteiger partial charge in [0.2, 0.25) is 5.95 Å². The van der Waals surface area contributed by atoms with Crippen LogP contribution in [0.3, 0.4) is 0 Å². The van der Waals surface area contributed by atoms with Crippen molar-refractivity contribution < 1.29 is 4.79 Å². The molecule has 3 N–H and O–H groups in total. The predicted molar refractivity (Wildman–Crippen MR) is 36.7 cm³/mol. The third kappa shape index (κ3) is 1.48. The SMILES string of the molecule is CNC(=O)Nc1ncc[nH]1. The number of imidazole rings is 1. The molecule has 1 aromatic heterocycles. The molecule has 1 rings (SSSR count). The second-order valence-corrected chi connectivity index (χ2v) is 1.64. The van der Waals surface area contributed by atoms with Gasteiger partial charge in [0.05, 0.1) is 0 Å². The summed E-state index contributed by atoms with van der Waals surface area (Å²) < 4.78 is 0. The first-order valence-electron chi connectivity index (χ1n) is 2.81. The smallest absolute Gasteiger partial charge is 0.321 e. The standard InChI is InChI=1S/C5H8N4O/c1-6-5(10)9-4-7-2-3-8-4/h2-3H,1H3,(H3,6,7,8,9,10). The summed E-state index contributed by atoms with van der Waals surface area (Å²) in [5.74, 6) is 0.444. The van der Waals surface area contributed by atoms with Crippen LogP contribution in [-0.2, 0) is 0 Å². The van der Waals surface area contributed by atoms with E-state index in [0.29, 0.717) is 5.95 Å². The number of urea groups is 1. The van der Waals surface area contributed by atoms with E-state index >= 15 is 0 Å². The minimum atomic E-state index is -0.282.